The predicted octanol–water partition coefficient (Wildman–Crippen LogP) is 4.52. The lowest BCUT2D eigenvalue weighted by Crippen LogP contribution is -2.47. The molecular weight excluding hydrogens is 387 g/mol. The van der Waals surface area contributed by atoms with Crippen molar-refractivity contribution in [3.05, 3.63) is 18.2 Å². The molecule has 0 amide bonds. The quantitative estimate of drug-likeness (QED) is 0.707. The molecule has 0 radical (unpaired) electrons. The second kappa shape index (κ2) is 8.38. The minimum absolute atomic E-state index is 0.0959. The Bertz CT molecular complexity index is 641. The molecule has 2 atom stereocenters. The van der Waals surface area contributed by atoms with Crippen molar-refractivity contribution in [1.29, 1.82) is 0 Å². The van der Waals surface area contributed by atoms with Gasteiger partial charge in [-0.25, -0.2) is 9.97 Å². The van der Waals surface area contributed by atoms with E-state index in [9.17, 15) is 13.2 Å². The number of ether oxygens (including phenoxy) is 1. The van der Waals surface area contributed by atoms with Gasteiger partial charge in [0.2, 0.25) is 0 Å². The third-order valence-corrected chi connectivity index (χ3v) is 8.19. The van der Waals surface area contributed by atoms with E-state index in [1.54, 1.807) is 12.4 Å². The summed E-state index contributed by atoms with van der Waals surface area (Å²) in [4.78, 5) is 11.1. The molecule has 1 saturated carbocycles. The Morgan fingerprint density at radius 3 is 2.46 bits per heavy atom. The van der Waals surface area contributed by atoms with Crippen molar-refractivity contribution in [1.82, 2.24) is 14.9 Å². The molecule has 0 bridgehead atoms. The summed E-state index contributed by atoms with van der Waals surface area (Å²) >= 11 is 2.06. The van der Waals surface area contributed by atoms with Crippen molar-refractivity contribution < 1.29 is 17.9 Å². The van der Waals surface area contributed by atoms with Crippen LogP contribution in [0.2, 0.25) is 0 Å². The standard InChI is InChI=1S/C20H28F3N3OS/c21-20(22,23)16-3-1-2-15(10-16)18-24-11-17(12-25-18)27-9-8-26-6-4-19(5-7-26)13-28-14-19/h11-12,15-16H,1-10,13-14H2. The second-order valence-corrected chi connectivity index (χ2v) is 9.55. The van der Waals surface area contributed by atoms with Gasteiger partial charge in [0.15, 0.2) is 5.75 Å². The van der Waals surface area contributed by atoms with Crippen LogP contribution in [0.3, 0.4) is 0 Å². The minimum Gasteiger partial charge on any atom is -0.489 e. The van der Waals surface area contributed by atoms with Crippen LogP contribution in [0.25, 0.3) is 0 Å². The number of nitrogens with zero attached hydrogens (tertiary/aromatic N) is 3. The maximum absolute atomic E-state index is 13.0. The zero-order chi connectivity index (χ0) is 19.6. The molecule has 0 aromatic carbocycles. The molecule has 0 N–H and O–H groups in total. The fraction of sp³-hybridized carbons (Fsp3) is 0.800. The zero-order valence-corrected chi connectivity index (χ0v) is 16.9. The lowest BCUT2D eigenvalue weighted by Gasteiger charge is -2.47. The van der Waals surface area contributed by atoms with Gasteiger partial charge in [0.25, 0.3) is 0 Å². The highest BCUT2D eigenvalue weighted by molar-refractivity contribution is 8.00. The van der Waals surface area contributed by atoms with Crippen molar-refractivity contribution in [3.8, 4) is 5.75 Å². The van der Waals surface area contributed by atoms with Gasteiger partial charge in [-0.15, -0.1) is 0 Å². The first-order chi connectivity index (χ1) is 13.4. The van der Waals surface area contributed by atoms with Gasteiger partial charge in [0, 0.05) is 12.5 Å². The summed E-state index contributed by atoms with van der Waals surface area (Å²) in [7, 11) is 0. The maximum Gasteiger partial charge on any atom is 0.391 e. The molecule has 3 heterocycles. The van der Waals surface area contributed by atoms with Gasteiger partial charge in [0.05, 0.1) is 18.3 Å². The van der Waals surface area contributed by atoms with Crippen LogP contribution in [-0.2, 0) is 0 Å². The minimum atomic E-state index is -4.12. The molecule has 3 fully saturated rings. The fourth-order valence-electron chi connectivity index (χ4n) is 4.56. The molecule has 1 aromatic heterocycles. The molecule has 2 aliphatic heterocycles. The Balaban J connectivity index is 1.21. The molecule has 2 unspecified atom stereocenters. The van der Waals surface area contributed by atoms with Crippen molar-refractivity contribution in [2.45, 2.75) is 50.6 Å². The van der Waals surface area contributed by atoms with Gasteiger partial charge in [-0.05, 0) is 62.1 Å². The number of likely N-dealkylation sites (tertiary alicyclic amines) is 1. The molecular formula is C20H28F3N3OS. The number of piperidine rings is 1. The number of alkyl halides is 3. The van der Waals surface area contributed by atoms with Crippen LogP contribution in [0, 0.1) is 11.3 Å². The summed E-state index contributed by atoms with van der Waals surface area (Å²) in [5.74, 6) is 2.32. The van der Waals surface area contributed by atoms with Crippen molar-refractivity contribution >= 4 is 11.8 Å². The Morgan fingerprint density at radius 2 is 1.86 bits per heavy atom. The summed E-state index contributed by atoms with van der Waals surface area (Å²) in [5, 5.41) is 0. The first-order valence-corrected chi connectivity index (χ1v) is 11.4. The van der Waals surface area contributed by atoms with Crippen molar-refractivity contribution in [2.24, 2.45) is 11.3 Å². The van der Waals surface area contributed by atoms with Gasteiger partial charge in [-0.3, -0.25) is 4.90 Å². The smallest absolute Gasteiger partial charge is 0.391 e. The van der Waals surface area contributed by atoms with E-state index in [1.165, 1.54) is 24.3 Å². The summed E-state index contributed by atoms with van der Waals surface area (Å²) in [6.45, 7) is 3.76. The van der Waals surface area contributed by atoms with E-state index < -0.39 is 12.1 Å². The van der Waals surface area contributed by atoms with Gasteiger partial charge < -0.3 is 4.74 Å². The summed E-state index contributed by atoms with van der Waals surface area (Å²) in [5.41, 5.74) is 0.621. The summed E-state index contributed by atoms with van der Waals surface area (Å²) < 4.78 is 44.7. The third-order valence-electron chi connectivity index (χ3n) is 6.56. The van der Waals surface area contributed by atoms with Crippen molar-refractivity contribution in [2.75, 3.05) is 37.7 Å². The number of hydrogen-bond donors (Lipinski definition) is 0. The molecule has 1 aromatic rings. The Labute approximate surface area is 168 Å². The molecule has 2 saturated heterocycles. The number of rotatable bonds is 5. The monoisotopic (exact) mass is 415 g/mol. The van der Waals surface area contributed by atoms with Gasteiger partial charge in [0.1, 0.15) is 12.4 Å². The molecule has 1 aliphatic carbocycles. The van der Waals surface area contributed by atoms with Crippen LogP contribution in [0.15, 0.2) is 12.4 Å². The maximum atomic E-state index is 13.0. The zero-order valence-electron chi connectivity index (χ0n) is 16.1. The van der Waals surface area contributed by atoms with E-state index in [1.807, 2.05) is 0 Å². The van der Waals surface area contributed by atoms with E-state index >= 15 is 0 Å². The van der Waals surface area contributed by atoms with Crippen LogP contribution in [-0.4, -0.2) is 58.8 Å². The fourth-order valence-corrected chi connectivity index (χ4v) is 5.91. The first-order valence-electron chi connectivity index (χ1n) is 10.3. The molecule has 1 spiro atoms. The molecule has 28 heavy (non-hydrogen) atoms. The summed E-state index contributed by atoms with van der Waals surface area (Å²) in [6.07, 6.45) is 3.29. The Kier molecular flexibility index (Phi) is 6.06. The van der Waals surface area contributed by atoms with Crippen LogP contribution in [0.5, 0.6) is 5.75 Å². The average molecular weight is 416 g/mol. The van der Waals surface area contributed by atoms with Crippen LogP contribution >= 0.6 is 11.8 Å². The van der Waals surface area contributed by atoms with Crippen LogP contribution in [0.1, 0.15) is 50.3 Å². The highest BCUT2D eigenvalue weighted by atomic mass is 32.2. The van der Waals surface area contributed by atoms with E-state index in [-0.39, 0.29) is 18.8 Å². The SMILES string of the molecule is FC(F)(F)C1CCCC(c2ncc(OCCN3CCC4(CC3)CSC4)cn2)C1. The Morgan fingerprint density at radius 1 is 1.14 bits per heavy atom. The normalized spacial score (nSPS) is 28.1. The molecule has 4 rings (SSSR count). The average Bonchev–Trinajstić information content (AvgIpc) is 2.67. The predicted molar refractivity (Wildman–Crippen MR) is 104 cm³/mol. The molecule has 8 heteroatoms. The number of halogens is 3. The van der Waals surface area contributed by atoms with E-state index in [4.69, 9.17) is 4.74 Å². The number of hydrogen-bond acceptors (Lipinski definition) is 5. The van der Waals surface area contributed by atoms with E-state index in [2.05, 4.69) is 26.6 Å². The van der Waals surface area contributed by atoms with E-state index in [0.717, 1.165) is 26.1 Å². The highest BCUT2D eigenvalue weighted by Gasteiger charge is 2.43. The van der Waals surface area contributed by atoms with Crippen LogP contribution < -0.4 is 4.74 Å². The first kappa shape index (κ1) is 20.3. The summed E-state index contributed by atoms with van der Waals surface area (Å²) in [6, 6.07) is 0. The number of thioether (sulfide) groups is 1. The van der Waals surface area contributed by atoms with Gasteiger partial charge in [-0.1, -0.05) is 6.42 Å². The largest absolute Gasteiger partial charge is 0.489 e. The molecule has 3 aliphatic rings. The molecule has 4 nitrogen and oxygen atoms in total. The van der Waals surface area contributed by atoms with Gasteiger partial charge >= 0.3 is 6.18 Å². The van der Waals surface area contributed by atoms with Crippen molar-refractivity contribution in [3.63, 3.8) is 0 Å². The molecule has 156 valence electrons. The highest BCUT2D eigenvalue weighted by Crippen LogP contribution is 2.46. The topological polar surface area (TPSA) is 38.2 Å². The lowest BCUT2D eigenvalue weighted by atomic mass is 9.80. The second-order valence-electron chi connectivity index (χ2n) is 8.56. The van der Waals surface area contributed by atoms with Crippen LogP contribution in [0.4, 0.5) is 13.2 Å². The van der Waals surface area contributed by atoms with E-state index in [0.29, 0.717) is 30.0 Å². The Hall–Kier alpha value is -1.02. The van der Waals surface area contributed by atoms with Gasteiger partial charge in [-0.2, -0.15) is 24.9 Å². The lowest BCUT2D eigenvalue weighted by molar-refractivity contribution is -0.183. The number of aromatic nitrogens is 2. The third kappa shape index (κ3) is 4.75.